The average molecular weight is 382 g/mol. The molecule has 0 bridgehead atoms. The molecule has 7 nitrogen and oxygen atoms in total. The van der Waals surface area contributed by atoms with E-state index < -0.39 is 16.1 Å². The van der Waals surface area contributed by atoms with Crippen LogP contribution in [0.25, 0.3) is 0 Å². The van der Waals surface area contributed by atoms with E-state index in [2.05, 4.69) is 4.72 Å². The third-order valence-corrected chi connectivity index (χ3v) is 6.32. The number of amides is 1. The van der Waals surface area contributed by atoms with Crippen LogP contribution in [0.3, 0.4) is 0 Å². The number of nitrogens with zero attached hydrogens (tertiary/aromatic N) is 1. The highest BCUT2D eigenvalue weighted by molar-refractivity contribution is 7.89. The predicted molar refractivity (Wildman–Crippen MR) is 96.5 cm³/mol. The van der Waals surface area contributed by atoms with Crippen molar-refractivity contribution in [3.05, 3.63) is 24.3 Å². The Hall–Kier alpha value is -1.64. The Labute approximate surface area is 154 Å². The number of nitrogens with one attached hydrogen (secondary N) is 1. The number of morpholine rings is 1. The van der Waals surface area contributed by atoms with Gasteiger partial charge in [0.2, 0.25) is 15.9 Å². The molecule has 1 aliphatic carbocycles. The quantitative estimate of drug-likeness (QED) is 0.807. The van der Waals surface area contributed by atoms with Gasteiger partial charge in [0.15, 0.2) is 0 Å². The van der Waals surface area contributed by atoms with Crippen molar-refractivity contribution in [1.82, 2.24) is 9.62 Å². The molecule has 26 heavy (non-hydrogen) atoms. The molecule has 1 amide bonds. The van der Waals surface area contributed by atoms with E-state index in [0.29, 0.717) is 32.1 Å². The maximum absolute atomic E-state index is 12.5. The van der Waals surface area contributed by atoms with Crippen molar-refractivity contribution in [2.24, 2.45) is 0 Å². The molecule has 1 atom stereocenters. The lowest BCUT2D eigenvalue weighted by atomic mass is 10.3. The van der Waals surface area contributed by atoms with Crippen LogP contribution in [0, 0.1) is 0 Å². The second kappa shape index (κ2) is 8.37. The first-order valence-corrected chi connectivity index (χ1v) is 10.6. The maximum Gasteiger partial charge on any atom is 0.241 e. The van der Waals surface area contributed by atoms with Crippen LogP contribution < -0.4 is 9.46 Å². The van der Waals surface area contributed by atoms with Gasteiger partial charge in [0.05, 0.1) is 30.3 Å². The zero-order chi connectivity index (χ0) is 18.6. The fraction of sp³-hybridized carbons (Fsp3) is 0.611. The fourth-order valence-electron chi connectivity index (χ4n) is 3.30. The Kier molecular flexibility index (Phi) is 6.16. The summed E-state index contributed by atoms with van der Waals surface area (Å²) in [6, 6.07) is 5.53. The number of carbonyl (C=O) groups excluding carboxylic acids is 1. The van der Waals surface area contributed by atoms with Gasteiger partial charge in [0, 0.05) is 13.1 Å². The normalized spacial score (nSPS) is 20.1. The predicted octanol–water partition coefficient (Wildman–Crippen LogP) is 1.53. The molecule has 1 saturated carbocycles. The Morgan fingerprint density at radius 1 is 1.19 bits per heavy atom. The lowest BCUT2D eigenvalue weighted by Gasteiger charge is -2.29. The molecule has 2 fully saturated rings. The van der Waals surface area contributed by atoms with Crippen molar-refractivity contribution < 1.29 is 22.7 Å². The third-order valence-electron chi connectivity index (χ3n) is 4.76. The first kappa shape index (κ1) is 19.1. The Morgan fingerprint density at radius 3 is 2.42 bits per heavy atom. The van der Waals surface area contributed by atoms with Gasteiger partial charge in [-0.3, -0.25) is 4.79 Å². The number of sulfonamides is 1. The smallest absolute Gasteiger partial charge is 0.241 e. The van der Waals surface area contributed by atoms with E-state index in [1.165, 1.54) is 25.0 Å². The Bertz CT molecular complexity index is 708. The molecule has 8 heteroatoms. The molecule has 1 heterocycles. The van der Waals surface area contributed by atoms with E-state index in [1.807, 2.05) is 0 Å². The van der Waals surface area contributed by atoms with Crippen LogP contribution in [-0.4, -0.2) is 57.7 Å². The molecular weight excluding hydrogens is 356 g/mol. The summed E-state index contributed by atoms with van der Waals surface area (Å²) in [5.41, 5.74) is 0. The van der Waals surface area contributed by atoms with Crippen molar-refractivity contribution in [2.75, 3.05) is 26.3 Å². The minimum absolute atomic E-state index is 0.123. The van der Waals surface area contributed by atoms with Gasteiger partial charge in [0.25, 0.3) is 0 Å². The lowest BCUT2D eigenvalue weighted by Crippen LogP contribution is -2.50. The molecule has 144 valence electrons. The Morgan fingerprint density at radius 2 is 1.81 bits per heavy atom. The van der Waals surface area contributed by atoms with Gasteiger partial charge in [-0.05, 0) is 56.9 Å². The summed E-state index contributed by atoms with van der Waals surface area (Å²) in [7, 11) is -3.77. The van der Waals surface area contributed by atoms with E-state index in [0.717, 1.165) is 12.8 Å². The van der Waals surface area contributed by atoms with Crippen LogP contribution in [0.2, 0.25) is 0 Å². The summed E-state index contributed by atoms with van der Waals surface area (Å²) in [5.74, 6) is 0.436. The van der Waals surface area contributed by atoms with Crippen molar-refractivity contribution in [3.63, 3.8) is 0 Å². The van der Waals surface area contributed by atoms with Crippen LogP contribution in [-0.2, 0) is 19.6 Å². The van der Waals surface area contributed by atoms with Gasteiger partial charge in [-0.25, -0.2) is 8.42 Å². The lowest BCUT2D eigenvalue weighted by molar-refractivity contribution is -0.136. The van der Waals surface area contributed by atoms with Crippen LogP contribution in [0.5, 0.6) is 5.75 Å². The summed E-state index contributed by atoms with van der Waals surface area (Å²) >= 11 is 0. The standard InChI is InChI=1S/C18H26N2O5S/c1-14(18(21)20-10-12-24-13-11-20)19-26(22,23)17-8-6-16(7-9-17)25-15-4-2-3-5-15/h6-9,14-15,19H,2-5,10-13H2,1H3/t14-/m0/s1. The monoisotopic (exact) mass is 382 g/mol. The van der Waals surface area contributed by atoms with Crippen LogP contribution in [0.15, 0.2) is 29.2 Å². The van der Waals surface area contributed by atoms with E-state index in [-0.39, 0.29) is 16.9 Å². The highest BCUT2D eigenvalue weighted by Gasteiger charge is 2.27. The molecule has 2 aliphatic rings. The second-order valence-electron chi connectivity index (χ2n) is 6.78. The highest BCUT2D eigenvalue weighted by Crippen LogP contribution is 2.25. The number of hydrogen-bond donors (Lipinski definition) is 1. The zero-order valence-electron chi connectivity index (χ0n) is 15.0. The zero-order valence-corrected chi connectivity index (χ0v) is 15.8. The van der Waals surface area contributed by atoms with E-state index in [9.17, 15) is 13.2 Å². The number of carbonyl (C=O) groups is 1. The number of rotatable bonds is 6. The van der Waals surface area contributed by atoms with Crippen molar-refractivity contribution >= 4 is 15.9 Å². The molecule has 0 radical (unpaired) electrons. The van der Waals surface area contributed by atoms with Crippen LogP contribution in [0.1, 0.15) is 32.6 Å². The summed E-state index contributed by atoms with van der Waals surface area (Å²) in [6.45, 7) is 3.49. The van der Waals surface area contributed by atoms with Gasteiger partial charge in [-0.1, -0.05) is 0 Å². The van der Waals surface area contributed by atoms with E-state index >= 15 is 0 Å². The molecular formula is C18H26N2O5S. The molecule has 0 unspecified atom stereocenters. The van der Waals surface area contributed by atoms with Gasteiger partial charge in [0.1, 0.15) is 5.75 Å². The number of ether oxygens (including phenoxy) is 2. The van der Waals surface area contributed by atoms with E-state index in [1.54, 1.807) is 24.0 Å². The van der Waals surface area contributed by atoms with E-state index in [4.69, 9.17) is 9.47 Å². The average Bonchev–Trinajstić information content (AvgIpc) is 3.15. The molecule has 1 aromatic carbocycles. The molecule has 1 saturated heterocycles. The first-order chi connectivity index (χ1) is 12.5. The second-order valence-corrected chi connectivity index (χ2v) is 8.49. The topological polar surface area (TPSA) is 84.9 Å². The third kappa shape index (κ3) is 4.75. The largest absolute Gasteiger partial charge is 0.490 e. The van der Waals surface area contributed by atoms with Crippen molar-refractivity contribution in [2.45, 2.75) is 49.6 Å². The van der Waals surface area contributed by atoms with Gasteiger partial charge in [-0.2, -0.15) is 4.72 Å². The van der Waals surface area contributed by atoms with Crippen molar-refractivity contribution in [3.8, 4) is 5.75 Å². The van der Waals surface area contributed by atoms with Gasteiger partial charge in [-0.15, -0.1) is 0 Å². The maximum atomic E-state index is 12.5. The molecule has 1 aromatic rings. The SMILES string of the molecule is C[C@H](NS(=O)(=O)c1ccc(OC2CCCC2)cc1)C(=O)N1CCOCC1. The molecule has 3 rings (SSSR count). The number of benzene rings is 1. The number of hydrogen-bond acceptors (Lipinski definition) is 5. The first-order valence-electron chi connectivity index (χ1n) is 9.11. The highest BCUT2D eigenvalue weighted by atomic mass is 32.2. The summed E-state index contributed by atoms with van der Waals surface area (Å²) in [4.78, 5) is 14.1. The molecule has 1 aliphatic heterocycles. The minimum Gasteiger partial charge on any atom is -0.490 e. The summed E-state index contributed by atoms with van der Waals surface area (Å²) in [5, 5.41) is 0. The summed E-state index contributed by atoms with van der Waals surface area (Å²) in [6.07, 6.45) is 4.67. The van der Waals surface area contributed by atoms with Crippen LogP contribution in [0.4, 0.5) is 0 Å². The molecule has 1 N–H and O–H groups in total. The van der Waals surface area contributed by atoms with Gasteiger partial charge >= 0.3 is 0 Å². The van der Waals surface area contributed by atoms with Crippen molar-refractivity contribution in [1.29, 1.82) is 0 Å². The minimum atomic E-state index is -3.77. The fourth-order valence-corrected chi connectivity index (χ4v) is 4.50. The Balaban J connectivity index is 1.60. The van der Waals surface area contributed by atoms with Crippen LogP contribution >= 0.6 is 0 Å². The molecule has 0 aromatic heterocycles. The summed E-state index contributed by atoms with van der Waals surface area (Å²) < 4.78 is 38.6. The molecule has 0 spiro atoms. The van der Waals surface area contributed by atoms with Gasteiger partial charge < -0.3 is 14.4 Å².